The molecule has 2 aromatic rings. The molecular weight excluding hydrogens is 174 g/mol. The number of fused-ring (bicyclic) bond motifs is 1. The van der Waals surface area contributed by atoms with Crippen molar-refractivity contribution in [2.24, 2.45) is 7.05 Å². The summed E-state index contributed by atoms with van der Waals surface area (Å²) in [7, 11) is 1.84. The van der Waals surface area contributed by atoms with Crippen LogP contribution in [0.5, 0.6) is 0 Å². The number of anilines is 1. The lowest BCUT2D eigenvalue weighted by atomic mass is 10.5. The molecule has 62 valence electrons. The average Bonchev–Trinajstić information content (AvgIpc) is 2.33. The van der Waals surface area contributed by atoms with Gasteiger partial charge in [-0.25, -0.2) is 4.98 Å². The Bertz CT molecular complexity index is 482. The average molecular weight is 181 g/mol. The first-order chi connectivity index (χ1) is 5.68. The first-order valence-electron chi connectivity index (χ1n) is 3.35. The second kappa shape index (κ2) is 2.28. The zero-order chi connectivity index (χ0) is 8.72. The lowest BCUT2D eigenvalue weighted by molar-refractivity contribution is 0.926. The molecule has 0 atom stereocenters. The van der Waals surface area contributed by atoms with Crippen molar-refractivity contribution in [3.63, 3.8) is 0 Å². The molecule has 2 aromatic heterocycles. The minimum atomic E-state index is 0.378. The quantitative estimate of drug-likeness (QED) is 0.584. The maximum Gasteiger partial charge on any atom is 0.200 e. The van der Waals surface area contributed by atoms with E-state index < -0.39 is 0 Å². The van der Waals surface area contributed by atoms with E-state index in [1.54, 1.807) is 10.9 Å². The van der Waals surface area contributed by atoms with Crippen LogP contribution in [0.1, 0.15) is 0 Å². The highest BCUT2D eigenvalue weighted by atomic mass is 32.1. The highest BCUT2D eigenvalue weighted by molar-refractivity contribution is 7.71. The summed E-state index contributed by atoms with van der Waals surface area (Å²) < 4.78 is 2.15. The molecule has 0 unspecified atom stereocenters. The molecule has 0 aliphatic carbocycles. The zero-order valence-corrected chi connectivity index (χ0v) is 7.22. The van der Waals surface area contributed by atoms with Crippen LogP contribution in [0.4, 0.5) is 5.82 Å². The van der Waals surface area contributed by atoms with E-state index in [1.165, 1.54) is 0 Å². The maximum absolute atomic E-state index is 5.63. The highest BCUT2D eigenvalue weighted by Gasteiger charge is 2.04. The van der Waals surface area contributed by atoms with Gasteiger partial charge in [-0.05, 0) is 12.2 Å². The van der Waals surface area contributed by atoms with Gasteiger partial charge in [0.1, 0.15) is 11.3 Å². The topological polar surface area (TPSA) is 72.5 Å². The van der Waals surface area contributed by atoms with Gasteiger partial charge in [0.15, 0.2) is 10.4 Å². The molecule has 0 aromatic carbocycles. The predicted molar refractivity (Wildman–Crippen MR) is 48.1 cm³/mol. The van der Waals surface area contributed by atoms with Crippen molar-refractivity contribution in [3.05, 3.63) is 11.1 Å². The van der Waals surface area contributed by atoms with Crippen LogP contribution in [0.3, 0.4) is 0 Å². The molecule has 0 amide bonds. The fourth-order valence-corrected chi connectivity index (χ4v) is 1.24. The summed E-state index contributed by atoms with van der Waals surface area (Å²) in [5.41, 5.74) is 7.00. The third-order valence-corrected chi connectivity index (χ3v) is 1.80. The summed E-state index contributed by atoms with van der Waals surface area (Å²) in [5.74, 6) is 0.464. The summed E-state index contributed by atoms with van der Waals surface area (Å²) in [4.78, 5) is 10.9. The number of nitrogens with one attached hydrogen (secondary N) is 1. The van der Waals surface area contributed by atoms with Crippen molar-refractivity contribution in [3.8, 4) is 0 Å². The van der Waals surface area contributed by atoms with Crippen LogP contribution in [0.25, 0.3) is 11.2 Å². The number of hydrogen-bond donors (Lipinski definition) is 2. The Hall–Kier alpha value is -1.43. The van der Waals surface area contributed by atoms with E-state index in [4.69, 9.17) is 18.0 Å². The van der Waals surface area contributed by atoms with Crippen molar-refractivity contribution in [2.45, 2.75) is 0 Å². The molecule has 5 nitrogen and oxygen atoms in total. The third kappa shape index (κ3) is 0.884. The lowest BCUT2D eigenvalue weighted by Gasteiger charge is -1.95. The van der Waals surface area contributed by atoms with Crippen LogP contribution in [0.15, 0.2) is 6.33 Å². The second-order valence-corrected chi connectivity index (χ2v) is 2.87. The van der Waals surface area contributed by atoms with Gasteiger partial charge in [-0.3, -0.25) is 0 Å². The number of aromatic amines is 1. The van der Waals surface area contributed by atoms with E-state index in [0.717, 1.165) is 0 Å². The highest BCUT2D eigenvalue weighted by Crippen LogP contribution is 2.12. The number of aryl methyl sites for hydroxylation is 1. The fraction of sp³-hybridized carbons (Fsp3) is 0.167. The fourth-order valence-electron chi connectivity index (χ4n) is 1.04. The lowest BCUT2D eigenvalue weighted by Crippen LogP contribution is -1.96. The molecule has 0 radical (unpaired) electrons. The summed E-state index contributed by atoms with van der Waals surface area (Å²) in [6, 6.07) is 0. The summed E-state index contributed by atoms with van der Waals surface area (Å²) >= 11 is 4.86. The monoisotopic (exact) mass is 181 g/mol. The maximum atomic E-state index is 5.63. The van der Waals surface area contributed by atoms with E-state index in [9.17, 15) is 0 Å². The van der Waals surface area contributed by atoms with E-state index in [2.05, 4.69) is 15.0 Å². The molecule has 0 aliphatic rings. The Kier molecular flexibility index (Phi) is 1.37. The molecule has 0 aliphatic heterocycles. The molecule has 0 saturated carbocycles. The normalized spacial score (nSPS) is 10.8. The molecule has 12 heavy (non-hydrogen) atoms. The Labute approximate surface area is 73.3 Å². The Morgan fingerprint density at radius 3 is 3.17 bits per heavy atom. The standard InChI is InChI=1S/C6H7N5S/c1-11-2-8-3-4(7)9-6(12)10-5(3)11/h2H,1H3,(H3,7,9,10,12). The Balaban J connectivity index is 3.02. The van der Waals surface area contributed by atoms with Gasteiger partial charge in [0, 0.05) is 7.05 Å². The van der Waals surface area contributed by atoms with Gasteiger partial charge in [-0.1, -0.05) is 0 Å². The van der Waals surface area contributed by atoms with Crippen molar-refractivity contribution >= 4 is 29.2 Å². The summed E-state index contributed by atoms with van der Waals surface area (Å²) in [5, 5.41) is 0. The van der Waals surface area contributed by atoms with Gasteiger partial charge in [0.05, 0.1) is 6.33 Å². The molecule has 2 heterocycles. The van der Waals surface area contributed by atoms with Gasteiger partial charge < -0.3 is 15.3 Å². The molecule has 3 N–H and O–H groups in total. The summed E-state index contributed by atoms with van der Waals surface area (Å²) in [6.07, 6.45) is 1.65. The van der Waals surface area contributed by atoms with Gasteiger partial charge in [0.25, 0.3) is 0 Å². The Morgan fingerprint density at radius 1 is 1.67 bits per heavy atom. The van der Waals surface area contributed by atoms with Gasteiger partial charge >= 0.3 is 0 Å². The smallest absolute Gasteiger partial charge is 0.200 e. The number of imidazole rings is 1. The largest absolute Gasteiger partial charge is 0.383 e. The SMILES string of the molecule is Cn1cnc2c(N)[nH]c(=S)nc21. The molecule has 0 saturated heterocycles. The summed E-state index contributed by atoms with van der Waals surface area (Å²) in [6.45, 7) is 0. The number of hydrogen-bond acceptors (Lipinski definition) is 4. The number of nitrogens with two attached hydrogens (primary N) is 1. The molecular formula is C6H7N5S. The van der Waals surface area contributed by atoms with Crippen molar-refractivity contribution in [1.82, 2.24) is 19.5 Å². The third-order valence-electron chi connectivity index (χ3n) is 1.61. The van der Waals surface area contributed by atoms with Crippen LogP contribution in [0, 0.1) is 4.77 Å². The van der Waals surface area contributed by atoms with Gasteiger partial charge in [-0.2, -0.15) is 4.98 Å². The molecule has 6 heteroatoms. The zero-order valence-electron chi connectivity index (χ0n) is 6.40. The molecule has 2 rings (SSSR count). The number of nitrogens with zero attached hydrogens (tertiary/aromatic N) is 3. The van der Waals surface area contributed by atoms with Crippen molar-refractivity contribution in [1.29, 1.82) is 0 Å². The van der Waals surface area contributed by atoms with Gasteiger partial charge in [0.2, 0.25) is 0 Å². The molecule has 0 bridgehead atoms. The van der Waals surface area contributed by atoms with Crippen LogP contribution in [0.2, 0.25) is 0 Å². The minimum Gasteiger partial charge on any atom is -0.383 e. The van der Waals surface area contributed by atoms with E-state index in [1.807, 2.05) is 7.05 Å². The molecule has 0 fully saturated rings. The van der Waals surface area contributed by atoms with E-state index in [-0.39, 0.29) is 0 Å². The predicted octanol–water partition coefficient (Wildman–Crippen LogP) is 0.608. The second-order valence-electron chi connectivity index (χ2n) is 2.48. The molecule has 0 spiro atoms. The number of nitrogen functional groups attached to an aromatic ring is 1. The van der Waals surface area contributed by atoms with Crippen LogP contribution < -0.4 is 5.73 Å². The van der Waals surface area contributed by atoms with Crippen LogP contribution >= 0.6 is 12.2 Å². The first kappa shape index (κ1) is 7.23. The van der Waals surface area contributed by atoms with E-state index >= 15 is 0 Å². The minimum absolute atomic E-state index is 0.378. The first-order valence-corrected chi connectivity index (χ1v) is 3.76. The number of H-pyrrole nitrogens is 1. The van der Waals surface area contributed by atoms with Crippen molar-refractivity contribution < 1.29 is 0 Å². The van der Waals surface area contributed by atoms with Crippen molar-refractivity contribution in [2.75, 3.05) is 5.73 Å². The number of aromatic nitrogens is 4. The van der Waals surface area contributed by atoms with Crippen LogP contribution in [-0.4, -0.2) is 19.5 Å². The van der Waals surface area contributed by atoms with Crippen LogP contribution in [-0.2, 0) is 7.05 Å². The number of rotatable bonds is 0. The van der Waals surface area contributed by atoms with Gasteiger partial charge in [-0.15, -0.1) is 0 Å². The Morgan fingerprint density at radius 2 is 2.42 bits per heavy atom. The van der Waals surface area contributed by atoms with E-state index in [0.29, 0.717) is 21.8 Å².